The molecule has 0 saturated heterocycles. The maximum Gasteiger partial charge on any atom is 0.216 e. The van der Waals surface area contributed by atoms with Gasteiger partial charge in [0.2, 0.25) is 10.0 Å². The average molecular weight is 318 g/mol. The molecule has 0 aliphatic carbocycles. The fraction of sp³-hybridized carbons (Fsp3) is 0.294. The Labute approximate surface area is 132 Å². The fourth-order valence-electron chi connectivity index (χ4n) is 2.38. The minimum absolute atomic E-state index is 0.0379. The lowest BCUT2D eigenvalue weighted by Crippen LogP contribution is -2.33. The standard InChI is InChI=1S/C17H22N2O2S/c1-13(2)17(15-10-6-7-11-16(15)18)19-22(20,21)12-14-8-4-3-5-9-14/h3-11,13,17,19H,12,18H2,1-2H3/t17-/m1/s1. The van der Waals surface area contributed by atoms with E-state index < -0.39 is 10.0 Å². The van der Waals surface area contributed by atoms with Gasteiger partial charge in [0.1, 0.15) is 0 Å². The highest BCUT2D eigenvalue weighted by Crippen LogP contribution is 2.27. The molecular formula is C17H22N2O2S. The third-order valence-corrected chi connectivity index (χ3v) is 4.83. The van der Waals surface area contributed by atoms with E-state index in [4.69, 9.17) is 5.73 Å². The number of hydrogen-bond donors (Lipinski definition) is 2. The molecule has 0 spiro atoms. The average Bonchev–Trinajstić information content (AvgIpc) is 2.46. The summed E-state index contributed by atoms with van der Waals surface area (Å²) in [6, 6.07) is 16.2. The SMILES string of the molecule is CC(C)[C@@H](NS(=O)(=O)Cc1ccccc1)c1ccccc1N. The van der Waals surface area contributed by atoms with Gasteiger partial charge >= 0.3 is 0 Å². The normalized spacial score (nSPS) is 13.2. The third-order valence-electron chi connectivity index (χ3n) is 3.50. The second-order valence-electron chi connectivity index (χ2n) is 5.71. The number of hydrogen-bond acceptors (Lipinski definition) is 3. The number of rotatable bonds is 6. The molecule has 22 heavy (non-hydrogen) atoms. The lowest BCUT2D eigenvalue weighted by atomic mass is 9.96. The van der Waals surface area contributed by atoms with E-state index in [-0.39, 0.29) is 17.7 Å². The number of nitrogens with one attached hydrogen (secondary N) is 1. The maximum atomic E-state index is 12.4. The molecule has 2 aromatic rings. The molecule has 2 aromatic carbocycles. The van der Waals surface area contributed by atoms with E-state index in [0.29, 0.717) is 5.69 Å². The number of nitrogens with two attached hydrogens (primary N) is 1. The minimum atomic E-state index is -3.45. The fourth-order valence-corrected chi connectivity index (χ4v) is 3.88. The zero-order valence-electron chi connectivity index (χ0n) is 12.9. The smallest absolute Gasteiger partial charge is 0.216 e. The Morgan fingerprint density at radius 3 is 2.18 bits per heavy atom. The molecule has 0 radical (unpaired) electrons. The quantitative estimate of drug-likeness (QED) is 0.804. The Balaban J connectivity index is 2.23. The lowest BCUT2D eigenvalue weighted by Gasteiger charge is -2.24. The van der Waals surface area contributed by atoms with Crippen LogP contribution in [0.2, 0.25) is 0 Å². The molecule has 0 aliphatic rings. The van der Waals surface area contributed by atoms with Crippen molar-refractivity contribution in [2.24, 2.45) is 5.92 Å². The highest BCUT2D eigenvalue weighted by atomic mass is 32.2. The van der Waals surface area contributed by atoms with Gasteiger partial charge in [-0.05, 0) is 23.1 Å². The summed E-state index contributed by atoms with van der Waals surface area (Å²) in [6.45, 7) is 3.95. The largest absolute Gasteiger partial charge is 0.398 e. The van der Waals surface area contributed by atoms with Crippen molar-refractivity contribution in [2.45, 2.75) is 25.6 Å². The minimum Gasteiger partial charge on any atom is -0.398 e. The summed E-state index contributed by atoms with van der Waals surface area (Å²) in [5.74, 6) is 0.0549. The molecule has 1 atom stereocenters. The number of para-hydroxylation sites is 1. The van der Waals surface area contributed by atoms with Crippen LogP contribution in [0, 0.1) is 5.92 Å². The van der Waals surface area contributed by atoms with Crippen LogP contribution in [-0.2, 0) is 15.8 Å². The highest BCUT2D eigenvalue weighted by molar-refractivity contribution is 7.88. The van der Waals surface area contributed by atoms with Crippen molar-refractivity contribution in [3.63, 3.8) is 0 Å². The zero-order chi connectivity index (χ0) is 16.2. The van der Waals surface area contributed by atoms with Crippen molar-refractivity contribution in [2.75, 3.05) is 5.73 Å². The van der Waals surface area contributed by atoms with E-state index in [1.807, 2.05) is 50.2 Å². The summed E-state index contributed by atoms with van der Waals surface area (Å²) in [5.41, 5.74) is 8.17. The van der Waals surface area contributed by atoms with Crippen LogP contribution >= 0.6 is 0 Å². The van der Waals surface area contributed by atoms with Gasteiger partial charge in [-0.3, -0.25) is 0 Å². The third kappa shape index (κ3) is 4.32. The Morgan fingerprint density at radius 2 is 1.59 bits per heavy atom. The van der Waals surface area contributed by atoms with Crippen molar-refractivity contribution in [1.29, 1.82) is 0 Å². The molecule has 0 fully saturated rings. The number of anilines is 1. The van der Waals surface area contributed by atoms with Crippen LogP contribution in [-0.4, -0.2) is 8.42 Å². The van der Waals surface area contributed by atoms with Crippen LogP contribution in [0.4, 0.5) is 5.69 Å². The molecule has 4 nitrogen and oxygen atoms in total. The first-order chi connectivity index (χ1) is 10.4. The van der Waals surface area contributed by atoms with Gasteiger partial charge in [-0.15, -0.1) is 0 Å². The van der Waals surface area contributed by atoms with Crippen molar-refractivity contribution in [3.8, 4) is 0 Å². The predicted molar refractivity (Wildman–Crippen MR) is 90.6 cm³/mol. The van der Waals surface area contributed by atoms with E-state index in [1.54, 1.807) is 18.2 Å². The monoisotopic (exact) mass is 318 g/mol. The Bertz CT molecular complexity index is 712. The van der Waals surface area contributed by atoms with Crippen LogP contribution in [0.3, 0.4) is 0 Å². The summed E-state index contributed by atoms with van der Waals surface area (Å²) in [6.07, 6.45) is 0. The highest BCUT2D eigenvalue weighted by Gasteiger charge is 2.24. The first kappa shape index (κ1) is 16.5. The second kappa shape index (κ2) is 6.94. The first-order valence-electron chi connectivity index (χ1n) is 7.27. The van der Waals surface area contributed by atoms with Gasteiger partial charge < -0.3 is 5.73 Å². The van der Waals surface area contributed by atoms with Crippen LogP contribution in [0.5, 0.6) is 0 Å². The molecule has 118 valence electrons. The topological polar surface area (TPSA) is 72.2 Å². The summed E-state index contributed by atoms with van der Waals surface area (Å²) in [7, 11) is -3.45. The molecule has 2 rings (SSSR count). The van der Waals surface area contributed by atoms with Gasteiger partial charge in [-0.25, -0.2) is 13.1 Å². The van der Waals surface area contributed by atoms with Crippen molar-refractivity contribution < 1.29 is 8.42 Å². The van der Waals surface area contributed by atoms with E-state index in [0.717, 1.165) is 11.1 Å². The van der Waals surface area contributed by atoms with Crippen molar-refractivity contribution >= 4 is 15.7 Å². The molecule has 5 heteroatoms. The Kier molecular flexibility index (Phi) is 5.21. The van der Waals surface area contributed by atoms with Gasteiger partial charge in [0.15, 0.2) is 0 Å². The molecule has 0 aromatic heterocycles. The molecule has 0 unspecified atom stereocenters. The number of benzene rings is 2. The van der Waals surface area contributed by atoms with Crippen LogP contribution in [0.15, 0.2) is 54.6 Å². The summed E-state index contributed by atoms with van der Waals surface area (Å²) in [4.78, 5) is 0. The van der Waals surface area contributed by atoms with Crippen molar-refractivity contribution in [3.05, 3.63) is 65.7 Å². The van der Waals surface area contributed by atoms with Gasteiger partial charge in [-0.2, -0.15) is 0 Å². The Morgan fingerprint density at radius 1 is 1.00 bits per heavy atom. The maximum absolute atomic E-state index is 12.4. The molecular weight excluding hydrogens is 296 g/mol. The van der Waals surface area contributed by atoms with Crippen molar-refractivity contribution in [1.82, 2.24) is 4.72 Å². The molecule has 0 bridgehead atoms. The molecule has 0 heterocycles. The number of nitrogen functional groups attached to an aromatic ring is 1. The van der Waals surface area contributed by atoms with E-state index in [9.17, 15) is 8.42 Å². The first-order valence-corrected chi connectivity index (χ1v) is 8.92. The lowest BCUT2D eigenvalue weighted by molar-refractivity contribution is 0.464. The zero-order valence-corrected chi connectivity index (χ0v) is 13.7. The van der Waals surface area contributed by atoms with E-state index in [1.165, 1.54) is 0 Å². The van der Waals surface area contributed by atoms with Crippen LogP contribution in [0.1, 0.15) is 31.0 Å². The summed E-state index contributed by atoms with van der Waals surface area (Å²) < 4.78 is 27.7. The van der Waals surface area contributed by atoms with Gasteiger partial charge in [0.05, 0.1) is 11.8 Å². The predicted octanol–water partition coefficient (Wildman–Crippen LogP) is 3.09. The van der Waals surface area contributed by atoms with Gasteiger partial charge in [0, 0.05) is 5.69 Å². The van der Waals surface area contributed by atoms with Gasteiger partial charge in [-0.1, -0.05) is 62.4 Å². The Hall–Kier alpha value is -1.85. The van der Waals surface area contributed by atoms with E-state index in [2.05, 4.69) is 4.72 Å². The summed E-state index contributed by atoms with van der Waals surface area (Å²) in [5, 5.41) is 0. The summed E-state index contributed by atoms with van der Waals surface area (Å²) >= 11 is 0. The molecule has 0 aliphatic heterocycles. The molecule has 0 saturated carbocycles. The van der Waals surface area contributed by atoms with Crippen LogP contribution < -0.4 is 10.5 Å². The second-order valence-corrected chi connectivity index (χ2v) is 7.47. The molecule has 0 amide bonds. The molecule has 3 N–H and O–H groups in total. The number of sulfonamides is 1. The van der Waals surface area contributed by atoms with E-state index >= 15 is 0 Å². The van der Waals surface area contributed by atoms with Gasteiger partial charge in [0.25, 0.3) is 0 Å². The van der Waals surface area contributed by atoms with Crippen LogP contribution in [0.25, 0.3) is 0 Å².